The maximum absolute atomic E-state index is 12.6. The number of methoxy groups -OCH3 is 2. The highest BCUT2D eigenvalue weighted by molar-refractivity contribution is 9.10. The SMILES string of the molecule is COc1ccc(C(=O)C(Br)C(OC)c2ccccc2)cc1. The van der Waals surface area contributed by atoms with Crippen LogP contribution in [0.15, 0.2) is 54.6 Å². The van der Waals surface area contributed by atoms with Crippen LogP contribution < -0.4 is 4.74 Å². The molecule has 110 valence electrons. The Labute approximate surface area is 133 Å². The quantitative estimate of drug-likeness (QED) is 0.584. The van der Waals surface area contributed by atoms with Crippen LogP contribution in [-0.2, 0) is 4.74 Å². The third-order valence-corrected chi connectivity index (χ3v) is 4.17. The van der Waals surface area contributed by atoms with Crippen molar-refractivity contribution in [3.05, 3.63) is 65.7 Å². The highest BCUT2D eigenvalue weighted by Crippen LogP contribution is 2.29. The lowest BCUT2D eigenvalue weighted by Crippen LogP contribution is -2.24. The predicted molar refractivity (Wildman–Crippen MR) is 86.2 cm³/mol. The minimum Gasteiger partial charge on any atom is -0.497 e. The van der Waals surface area contributed by atoms with Crippen molar-refractivity contribution in [1.29, 1.82) is 0 Å². The Balaban J connectivity index is 2.20. The number of rotatable bonds is 6. The minimum atomic E-state index is -0.446. The monoisotopic (exact) mass is 348 g/mol. The first-order chi connectivity index (χ1) is 10.2. The molecule has 0 aromatic heterocycles. The van der Waals surface area contributed by atoms with Gasteiger partial charge in [0.1, 0.15) is 16.7 Å². The summed E-state index contributed by atoms with van der Waals surface area (Å²) < 4.78 is 10.6. The summed E-state index contributed by atoms with van der Waals surface area (Å²) in [6, 6.07) is 16.8. The van der Waals surface area contributed by atoms with E-state index in [1.54, 1.807) is 38.5 Å². The van der Waals surface area contributed by atoms with Gasteiger partial charge < -0.3 is 9.47 Å². The van der Waals surface area contributed by atoms with E-state index in [2.05, 4.69) is 15.9 Å². The van der Waals surface area contributed by atoms with Gasteiger partial charge in [0.2, 0.25) is 0 Å². The summed E-state index contributed by atoms with van der Waals surface area (Å²) in [6.07, 6.45) is -0.333. The molecule has 3 nitrogen and oxygen atoms in total. The van der Waals surface area contributed by atoms with Gasteiger partial charge in [-0.25, -0.2) is 0 Å². The van der Waals surface area contributed by atoms with E-state index in [-0.39, 0.29) is 11.9 Å². The number of ether oxygens (including phenoxy) is 2. The smallest absolute Gasteiger partial charge is 0.179 e. The average Bonchev–Trinajstić information content (AvgIpc) is 2.56. The summed E-state index contributed by atoms with van der Waals surface area (Å²) in [5, 5.41) is 0. The molecule has 2 unspecified atom stereocenters. The Morgan fingerprint density at radius 2 is 1.62 bits per heavy atom. The average molecular weight is 349 g/mol. The van der Waals surface area contributed by atoms with Gasteiger partial charge in [-0.05, 0) is 29.8 Å². The minimum absolute atomic E-state index is 0.0200. The second kappa shape index (κ2) is 7.38. The number of hydrogen-bond donors (Lipinski definition) is 0. The normalized spacial score (nSPS) is 13.5. The summed E-state index contributed by atoms with van der Waals surface area (Å²) >= 11 is 3.47. The van der Waals surface area contributed by atoms with Crippen LogP contribution in [0.3, 0.4) is 0 Å². The van der Waals surface area contributed by atoms with Gasteiger partial charge in [0.05, 0.1) is 7.11 Å². The van der Waals surface area contributed by atoms with E-state index in [1.807, 2.05) is 30.3 Å². The molecule has 2 rings (SSSR count). The Bertz CT molecular complexity index is 581. The predicted octanol–water partition coefficient (Wildman–Crippen LogP) is 4.03. The van der Waals surface area contributed by atoms with E-state index in [0.29, 0.717) is 5.56 Å². The van der Waals surface area contributed by atoms with Crippen LogP contribution in [0, 0.1) is 0 Å². The van der Waals surface area contributed by atoms with E-state index in [0.717, 1.165) is 11.3 Å². The van der Waals surface area contributed by atoms with Gasteiger partial charge in [-0.2, -0.15) is 0 Å². The van der Waals surface area contributed by atoms with Crippen molar-refractivity contribution in [3.63, 3.8) is 0 Å². The van der Waals surface area contributed by atoms with Crippen molar-refractivity contribution in [2.75, 3.05) is 14.2 Å². The van der Waals surface area contributed by atoms with Crippen molar-refractivity contribution in [1.82, 2.24) is 0 Å². The fraction of sp³-hybridized carbons (Fsp3) is 0.235. The second-order valence-corrected chi connectivity index (χ2v) is 5.55. The van der Waals surface area contributed by atoms with Gasteiger partial charge in [-0.15, -0.1) is 0 Å². The van der Waals surface area contributed by atoms with Gasteiger partial charge >= 0.3 is 0 Å². The largest absolute Gasteiger partial charge is 0.497 e. The molecular weight excluding hydrogens is 332 g/mol. The molecule has 0 aliphatic rings. The highest BCUT2D eigenvalue weighted by atomic mass is 79.9. The van der Waals surface area contributed by atoms with Gasteiger partial charge in [-0.1, -0.05) is 46.3 Å². The molecule has 0 aliphatic carbocycles. The number of carbonyl (C=O) groups excluding carboxylic acids is 1. The van der Waals surface area contributed by atoms with E-state index in [1.165, 1.54) is 0 Å². The molecule has 0 radical (unpaired) electrons. The van der Waals surface area contributed by atoms with Gasteiger partial charge in [0.15, 0.2) is 5.78 Å². The number of hydrogen-bond acceptors (Lipinski definition) is 3. The molecule has 0 heterocycles. The Hall–Kier alpha value is -1.65. The topological polar surface area (TPSA) is 35.5 Å². The van der Waals surface area contributed by atoms with Crippen molar-refractivity contribution >= 4 is 21.7 Å². The molecule has 0 fully saturated rings. The van der Waals surface area contributed by atoms with E-state index < -0.39 is 4.83 Å². The first-order valence-electron chi connectivity index (χ1n) is 6.57. The molecular formula is C17H17BrO3. The number of carbonyl (C=O) groups is 1. The van der Waals surface area contributed by atoms with Crippen LogP contribution in [0.5, 0.6) is 5.75 Å². The maximum atomic E-state index is 12.6. The number of halogens is 1. The molecule has 4 heteroatoms. The molecule has 0 N–H and O–H groups in total. The van der Waals surface area contributed by atoms with Gasteiger partial charge in [0.25, 0.3) is 0 Å². The zero-order valence-electron chi connectivity index (χ0n) is 12.0. The molecule has 2 aromatic rings. The van der Waals surface area contributed by atoms with Crippen LogP contribution in [0.4, 0.5) is 0 Å². The van der Waals surface area contributed by atoms with Crippen LogP contribution in [0.1, 0.15) is 22.0 Å². The molecule has 0 bridgehead atoms. The molecule has 0 amide bonds. The number of Topliss-reactive ketones (excluding diaryl/α,β-unsaturated/α-hetero) is 1. The first-order valence-corrected chi connectivity index (χ1v) is 7.49. The Morgan fingerprint density at radius 1 is 1.00 bits per heavy atom. The Kier molecular flexibility index (Phi) is 5.53. The van der Waals surface area contributed by atoms with Crippen molar-refractivity contribution in [3.8, 4) is 5.75 Å². The lowest BCUT2D eigenvalue weighted by atomic mass is 10.00. The van der Waals surface area contributed by atoms with Crippen LogP contribution in [0.25, 0.3) is 0 Å². The fourth-order valence-electron chi connectivity index (χ4n) is 2.12. The molecule has 21 heavy (non-hydrogen) atoms. The second-order valence-electron chi connectivity index (χ2n) is 4.56. The van der Waals surface area contributed by atoms with Crippen LogP contribution >= 0.6 is 15.9 Å². The summed E-state index contributed by atoms with van der Waals surface area (Å²) in [4.78, 5) is 12.1. The van der Waals surface area contributed by atoms with Crippen LogP contribution in [0.2, 0.25) is 0 Å². The number of ketones is 1. The van der Waals surface area contributed by atoms with E-state index in [9.17, 15) is 4.79 Å². The Morgan fingerprint density at radius 3 is 2.14 bits per heavy atom. The number of benzene rings is 2. The molecule has 2 aromatic carbocycles. The molecule has 0 spiro atoms. The van der Waals surface area contributed by atoms with Gasteiger partial charge in [-0.3, -0.25) is 4.79 Å². The third kappa shape index (κ3) is 3.71. The van der Waals surface area contributed by atoms with Crippen molar-refractivity contribution in [2.24, 2.45) is 0 Å². The summed E-state index contributed by atoms with van der Waals surface area (Å²) in [6.45, 7) is 0. The van der Waals surface area contributed by atoms with E-state index >= 15 is 0 Å². The zero-order chi connectivity index (χ0) is 15.2. The standard InChI is InChI=1S/C17H17BrO3/c1-20-14-10-8-12(9-11-14)16(19)15(18)17(21-2)13-6-4-3-5-7-13/h3-11,15,17H,1-2H3. The highest BCUT2D eigenvalue weighted by Gasteiger charge is 2.27. The third-order valence-electron chi connectivity index (χ3n) is 3.27. The molecule has 0 saturated carbocycles. The summed E-state index contributed by atoms with van der Waals surface area (Å²) in [5.41, 5.74) is 1.58. The van der Waals surface area contributed by atoms with Crippen LogP contribution in [-0.4, -0.2) is 24.8 Å². The van der Waals surface area contributed by atoms with Gasteiger partial charge in [0, 0.05) is 12.7 Å². The lowest BCUT2D eigenvalue weighted by Gasteiger charge is -2.21. The van der Waals surface area contributed by atoms with Crippen molar-refractivity contribution in [2.45, 2.75) is 10.9 Å². The number of alkyl halides is 1. The molecule has 0 aliphatic heterocycles. The first kappa shape index (κ1) is 15.7. The lowest BCUT2D eigenvalue weighted by molar-refractivity contribution is 0.0770. The van der Waals surface area contributed by atoms with E-state index in [4.69, 9.17) is 9.47 Å². The zero-order valence-corrected chi connectivity index (χ0v) is 13.5. The maximum Gasteiger partial charge on any atom is 0.179 e. The summed E-state index contributed by atoms with van der Waals surface area (Å²) in [5.74, 6) is 0.706. The molecule has 2 atom stereocenters. The molecule has 0 saturated heterocycles. The van der Waals surface area contributed by atoms with Crippen molar-refractivity contribution < 1.29 is 14.3 Å². The fourth-order valence-corrected chi connectivity index (χ4v) is 2.90. The summed E-state index contributed by atoms with van der Waals surface area (Å²) in [7, 11) is 3.20.